The summed E-state index contributed by atoms with van der Waals surface area (Å²) in [5.41, 5.74) is 17.0. The van der Waals surface area contributed by atoms with Crippen molar-refractivity contribution in [1.29, 1.82) is 0 Å². The predicted molar refractivity (Wildman–Crippen MR) is 44.6 cm³/mol. The highest BCUT2D eigenvalue weighted by Crippen LogP contribution is 2.02. The number of nitrogens with zero attached hydrogens (tertiary/aromatic N) is 1. The van der Waals surface area contributed by atoms with Crippen LogP contribution < -0.4 is 22.5 Å². The van der Waals surface area contributed by atoms with Gasteiger partial charge in [0, 0.05) is 32.7 Å². The molecule has 7 N–H and O–H groups in total. The molecular weight excluding hydrogens is 142 g/mol. The molecule has 0 aromatic rings. The van der Waals surface area contributed by atoms with Crippen LogP contribution in [0.3, 0.4) is 0 Å². The van der Waals surface area contributed by atoms with Crippen LogP contribution in [0.15, 0.2) is 0 Å². The molecule has 1 aliphatic rings. The lowest BCUT2D eigenvalue weighted by atomic mass is 10.2. The zero-order valence-corrected chi connectivity index (χ0v) is 6.71. The third-order valence-electron chi connectivity index (χ3n) is 1.95. The quantitative estimate of drug-likeness (QED) is 0.332. The fourth-order valence-corrected chi connectivity index (χ4v) is 1.30. The summed E-state index contributed by atoms with van der Waals surface area (Å²) in [7, 11) is 0. The minimum absolute atomic E-state index is 0.607. The van der Waals surface area contributed by atoms with Gasteiger partial charge in [0.1, 0.15) is 5.79 Å². The Bertz CT molecular complexity index is 122. The molecule has 1 heterocycles. The zero-order valence-electron chi connectivity index (χ0n) is 6.71. The van der Waals surface area contributed by atoms with Crippen molar-refractivity contribution in [3.63, 3.8) is 0 Å². The van der Waals surface area contributed by atoms with Gasteiger partial charge in [-0.05, 0) is 0 Å². The maximum Gasteiger partial charge on any atom is 0.133 e. The number of piperazine rings is 1. The van der Waals surface area contributed by atoms with E-state index in [0.29, 0.717) is 13.1 Å². The third-order valence-corrected chi connectivity index (χ3v) is 1.95. The average Bonchev–Trinajstić information content (AvgIpc) is 1.94. The Kier molecular flexibility index (Phi) is 2.80. The summed E-state index contributed by atoms with van der Waals surface area (Å²) in [4.78, 5) is 2.00. The molecule has 0 radical (unpaired) electrons. The minimum atomic E-state index is -0.711. The number of nitrogens with two attached hydrogens (primary N) is 3. The van der Waals surface area contributed by atoms with E-state index in [-0.39, 0.29) is 0 Å². The van der Waals surface area contributed by atoms with E-state index in [1.54, 1.807) is 0 Å². The van der Waals surface area contributed by atoms with Crippen LogP contribution in [0.4, 0.5) is 0 Å². The van der Waals surface area contributed by atoms with Gasteiger partial charge in [0.05, 0.1) is 0 Å². The molecule has 1 saturated heterocycles. The average molecular weight is 159 g/mol. The van der Waals surface area contributed by atoms with Crippen molar-refractivity contribution in [1.82, 2.24) is 10.2 Å². The molecule has 1 fully saturated rings. The van der Waals surface area contributed by atoms with Crippen molar-refractivity contribution >= 4 is 0 Å². The summed E-state index contributed by atoms with van der Waals surface area (Å²) >= 11 is 0. The van der Waals surface area contributed by atoms with E-state index in [2.05, 4.69) is 5.32 Å². The minimum Gasteiger partial charge on any atom is -0.329 e. The van der Waals surface area contributed by atoms with Crippen LogP contribution in [0.1, 0.15) is 0 Å². The van der Waals surface area contributed by atoms with Gasteiger partial charge in [-0.15, -0.1) is 0 Å². The van der Waals surface area contributed by atoms with Gasteiger partial charge in [0.25, 0.3) is 0 Å². The Morgan fingerprint density at radius 3 is 2.73 bits per heavy atom. The Labute approximate surface area is 66.9 Å². The lowest BCUT2D eigenvalue weighted by Crippen LogP contribution is -2.72. The molecule has 0 unspecified atom stereocenters. The van der Waals surface area contributed by atoms with Gasteiger partial charge < -0.3 is 11.1 Å². The van der Waals surface area contributed by atoms with Crippen LogP contribution in [-0.4, -0.2) is 43.4 Å². The molecule has 0 aromatic heterocycles. The summed E-state index contributed by atoms with van der Waals surface area (Å²) in [6, 6.07) is 0. The molecule has 1 rings (SSSR count). The molecular formula is C6H17N5. The van der Waals surface area contributed by atoms with E-state index in [4.69, 9.17) is 17.2 Å². The number of nitrogens with one attached hydrogen (secondary N) is 1. The zero-order chi connectivity index (χ0) is 8.32. The van der Waals surface area contributed by atoms with Gasteiger partial charge in [-0.2, -0.15) is 0 Å². The Balaban J connectivity index is 2.45. The fraction of sp³-hybridized carbons (Fsp3) is 1.00. The number of hydrogen-bond acceptors (Lipinski definition) is 5. The van der Waals surface area contributed by atoms with Gasteiger partial charge in [-0.3, -0.25) is 16.4 Å². The Morgan fingerprint density at radius 2 is 2.18 bits per heavy atom. The van der Waals surface area contributed by atoms with Crippen molar-refractivity contribution in [2.75, 3.05) is 32.7 Å². The van der Waals surface area contributed by atoms with Crippen LogP contribution in [0.2, 0.25) is 0 Å². The topological polar surface area (TPSA) is 93.3 Å². The fourth-order valence-electron chi connectivity index (χ4n) is 1.30. The second-order valence-corrected chi connectivity index (χ2v) is 2.94. The largest absolute Gasteiger partial charge is 0.329 e. The molecule has 0 aromatic carbocycles. The molecule has 11 heavy (non-hydrogen) atoms. The summed E-state index contributed by atoms with van der Waals surface area (Å²) in [6.07, 6.45) is 0. The predicted octanol–water partition coefficient (Wildman–Crippen LogP) is -2.58. The van der Waals surface area contributed by atoms with Gasteiger partial charge in [-0.1, -0.05) is 0 Å². The highest BCUT2D eigenvalue weighted by molar-refractivity contribution is 4.85. The molecule has 1 aliphatic heterocycles. The standard InChI is InChI=1S/C6H17N5/c7-1-3-11-4-2-10-5-6(11,8)9/h10H,1-5,7-9H2. The van der Waals surface area contributed by atoms with Crippen LogP contribution in [-0.2, 0) is 0 Å². The van der Waals surface area contributed by atoms with Gasteiger partial charge >= 0.3 is 0 Å². The highest BCUT2D eigenvalue weighted by atomic mass is 15.4. The highest BCUT2D eigenvalue weighted by Gasteiger charge is 2.29. The van der Waals surface area contributed by atoms with E-state index in [1.165, 1.54) is 0 Å². The first-order valence-electron chi connectivity index (χ1n) is 3.90. The van der Waals surface area contributed by atoms with E-state index < -0.39 is 5.79 Å². The summed E-state index contributed by atoms with van der Waals surface area (Å²) in [5.74, 6) is -0.711. The van der Waals surface area contributed by atoms with Crippen molar-refractivity contribution in [3.8, 4) is 0 Å². The van der Waals surface area contributed by atoms with E-state index in [9.17, 15) is 0 Å². The molecule has 0 spiro atoms. The van der Waals surface area contributed by atoms with Crippen molar-refractivity contribution < 1.29 is 0 Å². The Morgan fingerprint density at radius 1 is 1.45 bits per heavy atom. The smallest absolute Gasteiger partial charge is 0.133 e. The van der Waals surface area contributed by atoms with Crippen LogP contribution in [0, 0.1) is 0 Å². The Hall–Kier alpha value is -0.200. The van der Waals surface area contributed by atoms with Gasteiger partial charge in [-0.25, -0.2) is 0 Å². The molecule has 0 bridgehead atoms. The lowest BCUT2D eigenvalue weighted by molar-refractivity contribution is 0.0733. The molecule has 5 nitrogen and oxygen atoms in total. The molecule has 0 aliphatic carbocycles. The number of hydrogen-bond donors (Lipinski definition) is 4. The van der Waals surface area contributed by atoms with E-state index >= 15 is 0 Å². The summed E-state index contributed by atoms with van der Waals surface area (Å²) in [6.45, 7) is 3.83. The molecule has 0 atom stereocenters. The van der Waals surface area contributed by atoms with Crippen LogP contribution in [0.25, 0.3) is 0 Å². The first-order valence-corrected chi connectivity index (χ1v) is 3.90. The molecule has 5 heteroatoms. The maximum absolute atomic E-state index is 5.79. The lowest BCUT2D eigenvalue weighted by Gasteiger charge is -2.41. The first-order chi connectivity index (χ1) is 5.17. The summed E-state index contributed by atoms with van der Waals surface area (Å²) < 4.78 is 0. The molecule has 66 valence electrons. The van der Waals surface area contributed by atoms with E-state index in [0.717, 1.165) is 19.6 Å². The van der Waals surface area contributed by atoms with Gasteiger partial charge in [0.15, 0.2) is 0 Å². The number of rotatable bonds is 2. The monoisotopic (exact) mass is 159 g/mol. The third kappa shape index (κ3) is 2.11. The van der Waals surface area contributed by atoms with Crippen molar-refractivity contribution in [3.05, 3.63) is 0 Å². The van der Waals surface area contributed by atoms with E-state index in [1.807, 2.05) is 4.90 Å². The maximum atomic E-state index is 5.79. The molecule has 0 amide bonds. The van der Waals surface area contributed by atoms with Crippen molar-refractivity contribution in [2.24, 2.45) is 17.2 Å². The first kappa shape index (κ1) is 8.89. The van der Waals surface area contributed by atoms with Crippen LogP contribution >= 0.6 is 0 Å². The van der Waals surface area contributed by atoms with Gasteiger partial charge in [0.2, 0.25) is 0 Å². The normalized spacial score (nSPS) is 25.4. The second-order valence-electron chi connectivity index (χ2n) is 2.94. The summed E-state index contributed by atoms with van der Waals surface area (Å²) in [5, 5.41) is 3.13. The second kappa shape index (κ2) is 3.46. The SMILES string of the molecule is NCCN1CCNCC1(N)N. The molecule has 0 saturated carbocycles. The van der Waals surface area contributed by atoms with Crippen LogP contribution in [0.5, 0.6) is 0 Å². The van der Waals surface area contributed by atoms with Crippen molar-refractivity contribution in [2.45, 2.75) is 5.79 Å².